The van der Waals surface area contributed by atoms with Crippen LogP contribution >= 0.6 is 15.9 Å². The Morgan fingerprint density at radius 3 is 2.52 bits per heavy atom. The summed E-state index contributed by atoms with van der Waals surface area (Å²) in [6.45, 7) is 0. The Bertz CT molecular complexity index is 1040. The summed E-state index contributed by atoms with van der Waals surface area (Å²) >= 11 is 3.43. The van der Waals surface area contributed by atoms with Gasteiger partial charge in [-0.2, -0.15) is 5.26 Å². The Balaban J connectivity index is 2.05. The molecule has 0 bridgehead atoms. The number of hydrogen-bond donors (Lipinski definition) is 2. The number of aromatic hydroxyl groups is 1. The Morgan fingerprint density at radius 1 is 1.08 bits per heavy atom. The van der Waals surface area contributed by atoms with Gasteiger partial charge in [0.25, 0.3) is 0 Å². The lowest BCUT2D eigenvalue weighted by molar-refractivity contribution is 0.452. The first kappa shape index (κ1) is 15.7. The van der Waals surface area contributed by atoms with Crippen LogP contribution in [-0.2, 0) is 0 Å². The van der Waals surface area contributed by atoms with Crippen LogP contribution in [0.25, 0.3) is 10.8 Å². The number of nitrogens with zero attached hydrogens (tertiary/aromatic N) is 1. The summed E-state index contributed by atoms with van der Waals surface area (Å²) in [5.74, 6) is -0.393. The second-order valence-corrected chi connectivity index (χ2v) is 6.90. The Labute approximate surface area is 152 Å². The minimum atomic E-state index is -0.721. The van der Waals surface area contributed by atoms with Crippen LogP contribution in [0, 0.1) is 22.7 Å². The lowest BCUT2D eigenvalue weighted by Gasteiger charge is -2.31. The third kappa shape index (κ3) is 2.55. The van der Waals surface area contributed by atoms with Crippen molar-refractivity contribution in [1.82, 2.24) is 0 Å². The standard InChI is InChI=1S/C20H13BrN2O2/c21-13-5-1-12(2-6-13)18-16(10-22)20(23)25-17-8-4-11-3-7-14(24)9-15(11)19(17)18/h1-9,16,18,23-24H. The third-order valence-electron chi connectivity index (χ3n) is 4.52. The van der Waals surface area contributed by atoms with E-state index in [1.54, 1.807) is 12.1 Å². The second kappa shape index (κ2) is 5.91. The molecule has 0 amide bonds. The average molecular weight is 393 g/mol. The fourth-order valence-corrected chi connectivity index (χ4v) is 3.65. The molecule has 1 aliphatic rings. The van der Waals surface area contributed by atoms with Gasteiger partial charge >= 0.3 is 0 Å². The van der Waals surface area contributed by atoms with Crippen LogP contribution in [0.15, 0.2) is 59.1 Å². The van der Waals surface area contributed by atoms with Crippen LogP contribution in [0.3, 0.4) is 0 Å². The number of nitrogens with one attached hydrogen (secondary N) is 1. The van der Waals surface area contributed by atoms with Crippen LogP contribution in [-0.4, -0.2) is 11.0 Å². The molecule has 0 radical (unpaired) electrons. The first-order valence-electron chi connectivity index (χ1n) is 7.75. The number of halogens is 1. The van der Waals surface area contributed by atoms with Gasteiger partial charge in [-0.05, 0) is 46.7 Å². The molecule has 0 saturated heterocycles. The summed E-state index contributed by atoms with van der Waals surface area (Å²) < 4.78 is 6.58. The average Bonchev–Trinajstić information content (AvgIpc) is 2.61. The van der Waals surface area contributed by atoms with Crippen LogP contribution < -0.4 is 4.74 Å². The molecule has 2 N–H and O–H groups in total. The molecule has 0 aliphatic carbocycles. The number of nitriles is 1. The maximum atomic E-state index is 9.95. The second-order valence-electron chi connectivity index (χ2n) is 5.99. The zero-order valence-corrected chi connectivity index (χ0v) is 14.6. The lowest BCUT2D eigenvalue weighted by atomic mass is 9.77. The highest BCUT2D eigenvalue weighted by Gasteiger charge is 2.38. The van der Waals surface area contributed by atoms with Gasteiger partial charge in [-0.25, -0.2) is 0 Å². The maximum absolute atomic E-state index is 9.95. The molecule has 3 aromatic rings. The molecule has 3 aromatic carbocycles. The molecule has 4 rings (SSSR count). The molecule has 1 heterocycles. The van der Waals surface area contributed by atoms with E-state index in [1.807, 2.05) is 42.5 Å². The SMILES string of the molecule is N#CC1C(=N)Oc2ccc3ccc(O)cc3c2C1c1ccc(Br)cc1. The summed E-state index contributed by atoms with van der Waals surface area (Å²) in [5.41, 5.74) is 1.76. The zero-order valence-electron chi connectivity index (χ0n) is 13.0. The van der Waals surface area contributed by atoms with E-state index in [9.17, 15) is 10.4 Å². The lowest BCUT2D eigenvalue weighted by Crippen LogP contribution is -2.31. The van der Waals surface area contributed by atoms with Gasteiger partial charge in [0, 0.05) is 16.0 Å². The first-order chi connectivity index (χ1) is 12.1. The molecule has 0 spiro atoms. The number of phenols is 1. The molecule has 0 aromatic heterocycles. The molecule has 0 saturated carbocycles. The van der Waals surface area contributed by atoms with E-state index in [0.717, 1.165) is 26.4 Å². The van der Waals surface area contributed by atoms with Gasteiger partial charge in [0.2, 0.25) is 5.90 Å². The summed E-state index contributed by atoms with van der Waals surface area (Å²) in [7, 11) is 0. The van der Waals surface area contributed by atoms with Gasteiger partial charge in [0.15, 0.2) is 0 Å². The highest BCUT2D eigenvalue weighted by molar-refractivity contribution is 9.10. The molecule has 4 nitrogen and oxygen atoms in total. The monoisotopic (exact) mass is 392 g/mol. The molecule has 2 atom stereocenters. The van der Waals surface area contributed by atoms with E-state index in [-0.39, 0.29) is 17.6 Å². The van der Waals surface area contributed by atoms with E-state index >= 15 is 0 Å². The van der Waals surface area contributed by atoms with Crippen molar-refractivity contribution in [2.75, 3.05) is 0 Å². The van der Waals surface area contributed by atoms with E-state index in [4.69, 9.17) is 10.1 Å². The predicted octanol–water partition coefficient (Wildman–Crippen LogP) is 4.95. The molecular formula is C20H13BrN2O2. The minimum Gasteiger partial charge on any atom is -0.508 e. The smallest absolute Gasteiger partial charge is 0.205 e. The molecule has 5 heteroatoms. The van der Waals surface area contributed by atoms with E-state index in [1.165, 1.54) is 0 Å². The van der Waals surface area contributed by atoms with Gasteiger partial charge < -0.3 is 9.84 Å². The Hall–Kier alpha value is -2.84. The summed E-state index contributed by atoms with van der Waals surface area (Å²) in [6, 6.07) is 18.8. The molecule has 2 unspecified atom stereocenters. The highest BCUT2D eigenvalue weighted by Crippen LogP contribution is 2.46. The van der Waals surface area contributed by atoms with Gasteiger partial charge in [-0.1, -0.05) is 40.2 Å². The topological polar surface area (TPSA) is 77.1 Å². The fraction of sp³-hybridized carbons (Fsp3) is 0.100. The number of ether oxygens (including phenoxy) is 1. The molecular weight excluding hydrogens is 380 g/mol. The number of phenolic OH excluding ortho intramolecular Hbond substituents is 1. The van der Waals surface area contributed by atoms with Gasteiger partial charge in [0.05, 0.1) is 6.07 Å². The summed E-state index contributed by atoms with van der Waals surface area (Å²) in [5, 5.41) is 29.5. The van der Waals surface area contributed by atoms with Crippen molar-refractivity contribution >= 4 is 32.6 Å². The van der Waals surface area contributed by atoms with Gasteiger partial charge in [0.1, 0.15) is 17.4 Å². The van der Waals surface area contributed by atoms with Crippen molar-refractivity contribution in [2.24, 2.45) is 5.92 Å². The normalized spacial score (nSPS) is 19.1. The molecule has 0 fully saturated rings. The highest BCUT2D eigenvalue weighted by atomic mass is 79.9. The number of hydrogen-bond acceptors (Lipinski definition) is 4. The van der Waals surface area contributed by atoms with Crippen molar-refractivity contribution in [3.63, 3.8) is 0 Å². The first-order valence-corrected chi connectivity index (χ1v) is 8.55. The number of rotatable bonds is 1. The van der Waals surface area contributed by atoms with Crippen LogP contribution in [0.1, 0.15) is 17.0 Å². The van der Waals surface area contributed by atoms with E-state index in [2.05, 4.69) is 22.0 Å². The molecule has 122 valence electrons. The van der Waals surface area contributed by atoms with E-state index < -0.39 is 5.92 Å². The summed E-state index contributed by atoms with van der Waals surface area (Å²) in [6.07, 6.45) is 0. The largest absolute Gasteiger partial charge is 0.508 e. The maximum Gasteiger partial charge on any atom is 0.205 e. The van der Waals surface area contributed by atoms with Gasteiger partial charge in [-0.15, -0.1) is 0 Å². The Morgan fingerprint density at radius 2 is 1.80 bits per heavy atom. The van der Waals surface area contributed by atoms with E-state index in [0.29, 0.717) is 5.75 Å². The number of fused-ring (bicyclic) bond motifs is 3. The van der Waals surface area contributed by atoms with Crippen molar-refractivity contribution in [1.29, 1.82) is 10.7 Å². The van der Waals surface area contributed by atoms with Gasteiger partial charge in [-0.3, -0.25) is 5.41 Å². The predicted molar refractivity (Wildman–Crippen MR) is 99.1 cm³/mol. The molecule has 1 aliphatic heterocycles. The quantitative estimate of drug-likeness (QED) is 0.614. The summed E-state index contributed by atoms with van der Waals surface area (Å²) in [4.78, 5) is 0. The van der Waals surface area contributed by atoms with Crippen molar-refractivity contribution in [2.45, 2.75) is 5.92 Å². The van der Waals surface area contributed by atoms with Crippen LogP contribution in [0.5, 0.6) is 11.5 Å². The van der Waals surface area contributed by atoms with Crippen LogP contribution in [0.2, 0.25) is 0 Å². The number of benzene rings is 3. The van der Waals surface area contributed by atoms with Crippen molar-refractivity contribution < 1.29 is 9.84 Å². The molecule has 25 heavy (non-hydrogen) atoms. The van der Waals surface area contributed by atoms with Crippen molar-refractivity contribution in [3.8, 4) is 17.6 Å². The van der Waals surface area contributed by atoms with Crippen molar-refractivity contribution in [3.05, 3.63) is 70.2 Å². The minimum absolute atomic E-state index is 0.0533. The third-order valence-corrected chi connectivity index (χ3v) is 5.05. The zero-order chi connectivity index (χ0) is 17.6. The fourth-order valence-electron chi connectivity index (χ4n) is 3.38. The van der Waals surface area contributed by atoms with Crippen LogP contribution in [0.4, 0.5) is 0 Å². The Kier molecular flexibility index (Phi) is 3.70.